The summed E-state index contributed by atoms with van der Waals surface area (Å²) < 4.78 is 16.8. The lowest BCUT2D eigenvalue weighted by molar-refractivity contribution is -0.0139. The molecule has 2 fully saturated rings. The molecule has 2 rings (SSSR count). The highest BCUT2D eigenvalue weighted by molar-refractivity contribution is 14.0. The van der Waals surface area contributed by atoms with Crippen molar-refractivity contribution in [2.24, 2.45) is 4.99 Å². The van der Waals surface area contributed by atoms with Gasteiger partial charge in [-0.05, 0) is 33.2 Å². The monoisotopic (exact) mass is 484 g/mol. The molecule has 1 atom stereocenters. The predicted octanol–water partition coefficient (Wildman–Crippen LogP) is 1.42. The smallest absolute Gasteiger partial charge is 0.194 e. The second kappa shape index (κ2) is 13.9. The highest BCUT2D eigenvalue weighted by Crippen LogP contribution is 2.14. The second-order valence-electron chi connectivity index (χ2n) is 6.85. The van der Waals surface area contributed by atoms with Crippen LogP contribution in [0.2, 0.25) is 0 Å². The van der Waals surface area contributed by atoms with Crippen molar-refractivity contribution in [3.63, 3.8) is 0 Å². The zero-order valence-electron chi connectivity index (χ0n) is 16.6. The van der Waals surface area contributed by atoms with Crippen LogP contribution in [0, 0.1) is 0 Å². The molecule has 2 aliphatic heterocycles. The summed E-state index contributed by atoms with van der Waals surface area (Å²) in [4.78, 5) is 9.49. The van der Waals surface area contributed by atoms with Gasteiger partial charge in [0.2, 0.25) is 0 Å². The number of hydrogen-bond donors (Lipinski definition) is 1. The van der Waals surface area contributed by atoms with Crippen LogP contribution in [-0.2, 0) is 14.2 Å². The van der Waals surface area contributed by atoms with E-state index in [0.717, 1.165) is 84.3 Å². The number of morpholine rings is 1. The molecule has 7 nitrogen and oxygen atoms in total. The maximum atomic E-state index is 5.95. The van der Waals surface area contributed by atoms with Crippen LogP contribution in [0.25, 0.3) is 0 Å². The fourth-order valence-electron chi connectivity index (χ4n) is 3.28. The number of piperidine rings is 1. The van der Waals surface area contributed by atoms with Gasteiger partial charge in [0.25, 0.3) is 0 Å². The van der Waals surface area contributed by atoms with Gasteiger partial charge in [0, 0.05) is 53.0 Å². The minimum Gasteiger partial charge on any atom is -0.385 e. The molecule has 0 bridgehead atoms. The van der Waals surface area contributed by atoms with Gasteiger partial charge in [-0.2, -0.15) is 0 Å². The van der Waals surface area contributed by atoms with Gasteiger partial charge in [-0.25, -0.2) is 0 Å². The lowest BCUT2D eigenvalue weighted by atomic mass is 10.1. The summed E-state index contributed by atoms with van der Waals surface area (Å²) in [5.74, 6) is 1.01. The summed E-state index contributed by atoms with van der Waals surface area (Å²) in [7, 11) is 3.87. The summed E-state index contributed by atoms with van der Waals surface area (Å²) in [5, 5.41) is 3.43. The van der Waals surface area contributed by atoms with Crippen molar-refractivity contribution in [2.45, 2.75) is 38.4 Å². The van der Waals surface area contributed by atoms with Crippen LogP contribution in [-0.4, -0.2) is 101 Å². The van der Waals surface area contributed by atoms with E-state index in [1.807, 2.05) is 0 Å². The molecule has 2 aliphatic rings. The minimum absolute atomic E-state index is 0. The number of nitrogens with zero attached hydrogens (tertiary/aromatic N) is 3. The van der Waals surface area contributed by atoms with Crippen LogP contribution in [0.4, 0.5) is 0 Å². The molecular formula is C18H37IN4O3. The Balaban J connectivity index is 0.00000338. The molecule has 0 spiro atoms. The van der Waals surface area contributed by atoms with E-state index < -0.39 is 0 Å². The molecular weight excluding hydrogens is 447 g/mol. The molecule has 0 radical (unpaired) electrons. The van der Waals surface area contributed by atoms with Gasteiger partial charge in [0.1, 0.15) is 0 Å². The molecule has 0 aromatic rings. The molecule has 0 aliphatic carbocycles. The van der Waals surface area contributed by atoms with E-state index in [9.17, 15) is 0 Å². The molecule has 0 aromatic carbocycles. The van der Waals surface area contributed by atoms with Crippen LogP contribution in [0.1, 0.15) is 26.2 Å². The molecule has 0 aromatic heterocycles. The lowest BCUT2D eigenvalue weighted by Crippen LogP contribution is -2.48. The zero-order chi connectivity index (χ0) is 17.9. The van der Waals surface area contributed by atoms with E-state index in [1.54, 1.807) is 7.11 Å². The molecule has 1 unspecified atom stereocenters. The van der Waals surface area contributed by atoms with Crippen LogP contribution in [0.3, 0.4) is 0 Å². The highest BCUT2D eigenvalue weighted by atomic mass is 127. The second-order valence-corrected chi connectivity index (χ2v) is 6.85. The minimum atomic E-state index is 0. The highest BCUT2D eigenvalue weighted by Gasteiger charge is 2.23. The number of likely N-dealkylation sites (N-methyl/N-ethyl adjacent to an activating group) is 1. The Labute approximate surface area is 175 Å². The van der Waals surface area contributed by atoms with Gasteiger partial charge in [-0.1, -0.05) is 0 Å². The molecule has 8 heteroatoms. The van der Waals surface area contributed by atoms with Gasteiger partial charge < -0.3 is 29.3 Å². The molecule has 0 amide bonds. The number of rotatable bonds is 8. The summed E-state index contributed by atoms with van der Waals surface area (Å²) in [5.41, 5.74) is 0. The Bertz CT molecular complexity index is 393. The fourth-order valence-corrected chi connectivity index (χ4v) is 3.28. The Kier molecular flexibility index (Phi) is 12.8. The van der Waals surface area contributed by atoms with Crippen LogP contribution in [0.5, 0.6) is 0 Å². The SMILES string of the molecule is CCNC(=NCC1CN(C)CCO1)N1CCC(OCCCOC)CC1.I. The van der Waals surface area contributed by atoms with Crippen molar-refractivity contribution in [1.82, 2.24) is 15.1 Å². The van der Waals surface area contributed by atoms with Gasteiger partial charge in [0.05, 0.1) is 25.4 Å². The first-order valence-corrected chi connectivity index (χ1v) is 9.66. The number of guanidine groups is 1. The molecule has 154 valence electrons. The molecule has 26 heavy (non-hydrogen) atoms. The van der Waals surface area contributed by atoms with E-state index in [1.165, 1.54) is 0 Å². The number of ether oxygens (including phenoxy) is 3. The standard InChI is InChI=1S/C18H36N4O3.HI/c1-4-19-18(20-14-17-15-21(2)10-13-25-17)22-8-6-16(7-9-22)24-12-5-11-23-3;/h16-17H,4-15H2,1-3H3,(H,19,20);1H. The van der Waals surface area contributed by atoms with Gasteiger partial charge in [-0.3, -0.25) is 4.99 Å². The predicted molar refractivity (Wildman–Crippen MR) is 116 cm³/mol. The number of methoxy groups -OCH3 is 1. The Morgan fingerprint density at radius 2 is 2.00 bits per heavy atom. The first kappa shape index (κ1) is 23.9. The maximum Gasteiger partial charge on any atom is 0.194 e. The third kappa shape index (κ3) is 8.69. The van der Waals surface area contributed by atoms with Crippen LogP contribution >= 0.6 is 24.0 Å². The summed E-state index contributed by atoms with van der Waals surface area (Å²) in [6.07, 6.45) is 3.65. The Morgan fingerprint density at radius 3 is 2.65 bits per heavy atom. The van der Waals surface area contributed by atoms with E-state index >= 15 is 0 Å². The van der Waals surface area contributed by atoms with Crippen LogP contribution in [0.15, 0.2) is 4.99 Å². The van der Waals surface area contributed by atoms with Gasteiger partial charge in [0.15, 0.2) is 5.96 Å². The van der Waals surface area contributed by atoms with Crippen molar-refractivity contribution in [1.29, 1.82) is 0 Å². The first-order valence-electron chi connectivity index (χ1n) is 9.66. The van der Waals surface area contributed by atoms with Crippen molar-refractivity contribution in [3.05, 3.63) is 0 Å². The molecule has 1 N–H and O–H groups in total. The summed E-state index contributed by atoms with van der Waals surface area (Å²) in [6, 6.07) is 0. The number of nitrogens with one attached hydrogen (secondary N) is 1. The van der Waals surface area contributed by atoms with Crippen LogP contribution < -0.4 is 5.32 Å². The quantitative estimate of drug-likeness (QED) is 0.244. The molecule has 2 saturated heterocycles. The van der Waals surface area contributed by atoms with E-state index in [2.05, 4.69) is 29.1 Å². The van der Waals surface area contributed by atoms with E-state index in [4.69, 9.17) is 19.2 Å². The summed E-state index contributed by atoms with van der Waals surface area (Å²) >= 11 is 0. The largest absolute Gasteiger partial charge is 0.385 e. The van der Waals surface area contributed by atoms with E-state index in [-0.39, 0.29) is 30.1 Å². The molecule has 2 heterocycles. The van der Waals surface area contributed by atoms with Crippen molar-refractivity contribution < 1.29 is 14.2 Å². The number of aliphatic imine (C=N–C) groups is 1. The normalized spacial score (nSPS) is 23.0. The third-order valence-electron chi connectivity index (χ3n) is 4.71. The van der Waals surface area contributed by atoms with Gasteiger partial charge >= 0.3 is 0 Å². The number of likely N-dealkylation sites (tertiary alicyclic amines) is 1. The van der Waals surface area contributed by atoms with Crippen molar-refractivity contribution in [3.8, 4) is 0 Å². The van der Waals surface area contributed by atoms with E-state index in [0.29, 0.717) is 6.10 Å². The zero-order valence-corrected chi connectivity index (χ0v) is 18.9. The summed E-state index contributed by atoms with van der Waals surface area (Å²) in [6.45, 7) is 10.0. The van der Waals surface area contributed by atoms with Gasteiger partial charge in [-0.15, -0.1) is 24.0 Å². The Hall–Kier alpha value is -0.160. The number of halogens is 1. The molecule has 0 saturated carbocycles. The topological polar surface area (TPSA) is 58.6 Å². The average Bonchev–Trinajstić information content (AvgIpc) is 2.63. The van der Waals surface area contributed by atoms with Crippen molar-refractivity contribution >= 4 is 29.9 Å². The fraction of sp³-hybridized carbons (Fsp3) is 0.944. The number of hydrogen-bond acceptors (Lipinski definition) is 5. The lowest BCUT2D eigenvalue weighted by Gasteiger charge is -2.35. The van der Waals surface area contributed by atoms with Crippen molar-refractivity contribution in [2.75, 3.05) is 73.2 Å². The maximum absolute atomic E-state index is 5.95. The first-order chi connectivity index (χ1) is 12.2. The Morgan fingerprint density at radius 1 is 1.23 bits per heavy atom. The third-order valence-corrected chi connectivity index (χ3v) is 4.71. The average molecular weight is 484 g/mol.